The van der Waals surface area contributed by atoms with Crippen molar-refractivity contribution in [3.63, 3.8) is 0 Å². The molecule has 0 unspecified atom stereocenters. The van der Waals surface area contributed by atoms with E-state index in [1.807, 2.05) is 11.0 Å². The minimum absolute atomic E-state index is 0.0426. The van der Waals surface area contributed by atoms with Crippen molar-refractivity contribution in [1.29, 1.82) is 10.8 Å². The first-order valence-electron chi connectivity index (χ1n) is 11.9. The minimum atomic E-state index is -0.175. The average molecular weight is 493 g/mol. The van der Waals surface area contributed by atoms with Crippen molar-refractivity contribution >= 4 is 23.6 Å². The van der Waals surface area contributed by atoms with Gasteiger partial charge >= 0.3 is 0 Å². The predicted octanol–water partition coefficient (Wildman–Crippen LogP) is 0.286. The number of nitrogens with zero attached hydrogens (tertiary/aromatic N) is 4. The molecular weight excluding hydrogens is 460 g/mol. The second kappa shape index (κ2) is 10.6. The van der Waals surface area contributed by atoms with Gasteiger partial charge in [0.2, 0.25) is 0 Å². The number of aromatic hydroxyl groups is 1. The van der Waals surface area contributed by atoms with Crippen LogP contribution in [0.2, 0.25) is 0 Å². The van der Waals surface area contributed by atoms with E-state index in [4.69, 9.17) is 22.3 Å². The highest BCUT2D eigenvalue weighted by atomic mass is 16.3. The molecule has 4 rings (SSSR count). The van der Waals surface area contributed by atoms with E-state index in [-0.39, 0.29) is 29.4 Å². The summed E-state index contributed by atoms with van der Waals surface area (Å²) in [6.45, 7) is 5.02. The van der Waals surface area contributed by atoms with Gasteiger partial charge in [-0.1, -0.05) is 12.1 Å². The molecule has 11 nitrogen and oxygen atoms in total. The summed E-state index contributed by atoms with van der Waals surface area (Å²) in [6.07, 6.45) is 0. The highest BCUT2D eigenvalue weighted by molar-refractivity contribution is 5.98. The molecule has 2 aromatic rings. The number of nitrogen functional groups attached to an aromatic ring is 1. The van der Waals surface area contributed by atoms with Gasteiger partial charge in [-0.3, -0.25) is 25.3 Å². The van der Waals surface area contributed by atoms with Crippen molar-refractivity contribution in [3.05, 3.63) is 64.7 Å². The van der Waals surface area contributed by atoms with E-state index >= 15 is 0 Å². The third-order valence-electron chi connectivity index (χ3n) is 6.64. The summed E-state index contributed by atoms with van der Waals surface area (Å²) >= 11 is 0. The van der Waals surface area contributed by atoms with Crippen LogP contribution in [0, 0.1) is 10.8 Å². The van der Waals surface area contributed by atoms with Crippen molar-refractivity contribution in [1.82, 2.24) is 19.6 Å². The zero-order chi connectivity index (χ0) is 25.8. The fraction of sp³-hybridized carbons (Fsp3) is 0.360. The molecule has 11 heteroatoms. The highest BCUT2D eigenvalue weighted by Crippen LogP contribution is 2.20. The maximum Gasteiger partial charge on any atom is 0.254 e. The summed E-state index contributed by atoms with van der Waals surface area (Å²) in [4.78, 5) is 33.5. The summed E-state index contributed by atoms with van der Waals surface area (Å²) in [5.74, 6) is -0.228. The van der Waals surface area contributed by atoms with Crippen LogP contribution in [0.25, 0.3) is 0 Å². The number of amides is 2. The highest BCUT2D eigenvalue weighted by Gasteiger charge is 2.26. The smallest absolute Gasteiger partial charge is 0.254 e. The van der Waals surface area contributed by atoms with E-state index in [0.29, 0.717) is 62.5 Å². The minimum Gasteiger partial charge on any atom is -0.508 e. The summed E-state index contributed by atoms with van der Waals surface area (Å²) in [5, 5.41) is 25.3. The first-order valence-corrected chi connectivity index (χ1v) is 11.9. The molecule has 0 bridgehead atoms. The molecule has 0 atom stereocenters. The van der Waals surface area contributed by atoms with Gasteiger partial charge in [0.1, 0.15) is 11.6 Å². The molecule has 0 aromatic heterocycles. The van der Waals surface area contributed by atoms with Gasteiger partial charge in [-0.15, -0.1) is 0 Å². The second-order valence-corrected chi connectivity index (χ2v) is 9.11. The molecule has 2 saturated heterocycles. The number of rotatable bonds is 5. The van der Waals surface area contributed by atoms with E-state index in [1.54, 1.807) is 40.1 Å². The van der Waals surface area contributed by atoms with E-state index in [1.165, 1.54) is 6.07 Å². The molecule has 0 radical (unpaired) electrons. The van der Waals surface area contributed by atoms with Gasteiger partial charge in [0, 0.05) is 75.6 Å². The van der Waals surface area contributed by atoms with Crippen LogP contribution in [0.3, 0.4) is 0 Å². The molecule has 2 aliphatic rings. The molecule has 2 aromatic carbocycles. The predicted molar refractivity (Wildman–Crippen MR) is 136 cm³/mol. The number of carbonyl (C=O) groups is 2. The lowest BCUT2D eigenvalue weighted by Crippen LogP contribution is -2.50. The Morgan fingerprint density at radius 3 is 1.75 bits per heavy atom. The fourth-order valence-corrected chi connectivity index (χ4v) is 4.56. The second-order valence-electron chi connectivity index (χ2n) is 9.11. The number of guanidine groups is 1. The first-order chi connectivity index (χ1) is 17.2. The standard InChI is InChI=1S/C25H32N8O3/c26-22(27)18-1-3-19(4-2-18)23(35)31-9-11-32(12-10-31)24(36)20-13-17(14-21(34)15-20)16-30-5-7-33(8-6-30)25(28)29/h1-4,13-15,34H,5-12,16H2,(H3,26,27)(H3,28,29). The maximum atomic E-state index is 13.2. The molecule has 190 valence electrons. The third-order valence-corrected chi connectivity index (χ3v) is 6.64. The Bertz CT molecular complexity index is 1150. The number of benzene rings is 2. The SMILES string of the molecule is N=C(N)c1ccc(C(=O)N2CCN(C(=O)c3cc(O)cc(CN4CCN(C(=N)N)CC4)c3)CC2)cc1. The molecule has 2 heterocycles. The Morgan fingerprint density at radius 2 is 1.22 bits per heavy atom. The van der Waals surface area contributed by atoms with Gasteiger partial charge in [0.05, 0.1) is 0 Å². The molecule has 2 amide bonds. The number of hydrogen-bond acceptors (Lipinski definition) is 6. The van der Waals surface area contributed by atoms with E-state index in [9.17, 15) is 14.7 Å². The molecule has 0 spiro atoms. The Balaban J connectivity index is 1.34. The zero-order valence-corrected chi connectivity index (χ0v) is 20.1. The van der Waals surface area contributed by atoms with Crippen LogP contribution < -0.4 is 11.5 Å². The van der Waals surface area contributed by atoms with Crippen LogP contribution in [-0.4, -0.2) is 101 Å². The van der Waals surface area contributed by atoms with Crippen molar-refractivity contribution < 1.29 is 14.7 Å². The maximum absolute atomic E-state index is 13.2. The third kappa shape index (κ3) is 5.74. The molecule has 0 aliphatic carbocycles. The Kier molecular flexibility index (Phi) is 7.39. The number of amidine groups is 1. The van der Waals surface area contributed by atoms with Crippen LogP contribution in [0.4, 0.5) is 0 Å². The molecule has 2 aliphatic heterocycles. The Labute approximate surface area is 209 Å². The van der Waals surface area contributed by atoms with Gasteiger partial charge in [-0.05, 0) is 35.9 Å². The van der Waals surface area contributed by atoms with Crippen LogP contribution in [0.5, 0.6) is 5.75 Å². The number of phenolic OH excluding ortho intramolecular Hbond substituents is 1. The van der Waals surface area contributed by atoms with Crippen molar-refractivity contribution in [2.45, 2.75) is 6.54 Å². The van der Waals surface area contributed by atoms with E-state index < -0.39 is 0 Å². The summed E-state index contributed by atoms with van der Waals surface area (Å²) in [5.41, 5.74) is 13.4. The van der Waals surface area contributed by atoms with Crippen LogP contribution in [0.1, 0.15) is 31.8 Å². The lowest BCUT2D eigenvalue weighted by molar-refractivity contribution is 0.0535. The van der Waals surface area contributed by atoms with Gasteiger partial charge in [0.15, 0.2) is 5.96 Å². The normalized spacial score (nSPS) is 16.6. The average Bonchev–Trinajstić information content (AvgIpc) is 2.88. The quantitative estimate of drug-likeness (QED) is 0.295. The zero-order valence-electron chi connectivity index (χ0n) is 20.1. The number of piperazine rings is 2. The lowest BCUT2D eigenvalue weighted by atomic mass is 10.1. The first kappa shape index (κ1) is 25.0. The fourth-order valence-electron chi connectivity index (χ4n) is 4.56. The summed E-state index contributed by atoms with van der Waals surface area (Å²) in [7, 11) is 0. The monoisotopic (exact) mass is 492 g/mol. The molecule has 7 N–H and O–H groups in total. The molecule has 0 saturated carbocycles. The van der Waals surface area contributed by atoms with Crippen molar-refractivity contribution in [2.75, 3.05) is 52.4 Å². The van der Waals surface area contributed by atoms with Crippen molar-refractivity contribution in [2.24, 2.45) is 11.5 Å². The number of carbonyl (C=O) groups excluding carboxylic acids is 2. The molecule has 36 heavy (non-hydrogen) atoms. The summed E-state index contributed by atoms with van der Waals surface area (Å²) < 4.78 is 0. The Hall–Kier alpha value is -4.12. The van der Waals surface area contributed by atoms with E-state index in [0.717, 1.165) is 18.7 Å². The number of hydrogen-bond donors (Lipinski definition) is 5. The molecule has 2 fully saturated rings. The van der Waals surface area contributed by atoms with Crippen LogP contribution >= 0.6 is 0 Å². The Morgan fingerprint density at radius 1 is 0.722 bits per heavy atom. The summed E-state index contributed by atoms with van der Waals surface area (Å²) in [6, 6.07) is 11.6. The number of nitrogens with one attached hydrogen (secondary N) is 2. The molecular formula is C25H32N8O3. The number of phenols is 1. The van der Waals surface area contributed by atoms with E-state index in [2.05, 4.69) is 4.90 Å². The number of nitrogens with two attached hydrogens (primary N) is 2. The van der Waals surface area contributed by atoms with Gasteiger partial charge in [-0.25, -0.2) is 0 Å². The van der Waals surface area contributed by atoms with Crippen LogP contribution in [-0.2, 0) is 6.54 Å². The topological polar surface area (TPSA) is 167 Å². The van der Waals surface area contributed by atoms with Gasteiger partial charge < -0.3 is 31.3 Å². The van der Waals surface area contributed by atoms with Gasteiger partial charge in [0.25, 0.3) is 11.8 Å². The van der Waals surface area contributed by atoms with Gasteiger partial charge in [-0.2, -0.15) is 0 Å². The lowest BCUT2D eigenvalue weighted by Gasteiger charge is -2.35. The largest absolute Gasteiger partial charge is 0.508 e. The van der Waals surface area contributed by atoms with Crippen molar-refractivity contribution in [3.8, 4) is 5.75 Å². The van der Waals surface area contributed by atoms with Crippen LogP contribution in [0.15, 0.2) is 42.5 Å².